The molecule has 4 nitrogen and oxygen atoms in total. The van der Waals surface area contributed by atoms with E-state index in [1.165, 1.54) is 6.07 Å². The lowest BCUT2D eigenvalue weighted by Gasteiger charge is -2.20. The average Bonchev–Trinajstić information content (AvgIpc) is 2.60. The minimum absolute atomic E-state index is 0.0550. The monoisotopic (exact) mass is 286 g/mol. The number of rotatable bonds is 3. The van der Waals surface area contributed by atoms with E-state index in [0.29, 0.717) is 5.92 Å². The molecule has 1 aromatic carbocycles. The van der Waals surface area contributed by atoms with Crippen molar-refractivity contribution >= 4 is 15.7 Å². The van der Waals surface area contributed by atoms with Crippen molar-refractivity contribution in [1.29, 1.82) is 0 Å². The Balaban J connectivity index is 2.23. The molecular weight excluding hydrogens is 267 g/mol. The molecule has 3 unspecified atom stereocenters. The zero-order valence-electron chi connectivity index (χ0n) is 11.1. The van der Waals surface area contributed by atoms with Crippen LogP contribution in [0.2, 0.25) is 0 Å². The van der Waals surface area contributed by atoms with Gasteiger partial charge in [0, 0.05) is 6.04 Å². The zero-order valence-corrected chi connectivity index (χ0v) is 11.9. The normalized spacial score (nSPS) is 27.6. The lowest BCUT2D eigenvalue weighted by atomic mass is 9.98. The van der Waals surface area contributed by atoms with Crippen LogP contribution in [0.25, 0.3) is 0 Å². The van der Waals surface area contributed by atoms with Crippen LogP contribution in [0.5, 0.6) is 0 Å². The van der Waals surface area contributed by atoms with Gasteiger partial charge in [0.15, 0.2) is 0 Å². The Kier molecular flexibility index (Phi) is 3.82. The van der Waals surface area contributed by atoms with E-state index in [2.05, 4.69) is 11.6 Å². The third-order valence-electron chi connectivity index (χ3n) is 4.03. The number of hydrogen-bond acceptors (Lipinski definition) is 3. The molecule has 1 saturated carbocycles. The van der Waals surface area contributed by atoms with Gasteiger partial charge in [-0.2, -0.15) is 0 Å². The van der Waals surface area contributed by atoms with E-state index in [0.717, 1.165) is 25.0 Å². The first kappa shape index (κ1) is 14.3. The summed E-state index contributed by atoms with van der Waals surface area (Å²) >= 11 is 0. The van der Waals surface area contributed by atoms with Crippen molar-refractivity contribution < 1.29 is 12.8 Å². The zero-order chi connectivity index (χ0) is 14.2. The molecule has 0 spiro atoms. The molecule has 0 amide bonds. The van der Waals surface area contributed by atoms with Gasteiger partial charge in [0.25, 0.3) is 0 Å². The Morgan fingerprint density at radius 1 is 1.32 bits per heavy atom. The number of nitrogens with one attached hydrogen (secondary N) is 1. The van der Waals surface area contributed by atoms with E-state index < -0.39 is 15.8 Å². The number of sulfonamides is 1. The summed E-state index contributed by atoms with van der Waals surface area (Å²) in [7, 11) is -3.69. The number of benzene rings is 1. The summed E-state index contributed by atoms with van der Waals surface area (Å²) in [5.74, 6) is 0.244. The SMILES string of the molecule is CC1CCC(NS(=O)(=O)c2ccc(F)cc2N)C1C. The molecular formula is C13H19FN2O2S. The van der Waals surface area contributed by atoms with E-state index in [4.69, 9.17) is 5.73 Å². The van der Waals surface area contributed by atoms with Gasteiger partial charge < -0.3 is 5.73 Å². The van der Waals surface area contributed by atoms with Gasteiger partial charge in [-0.15, -0.1) is 0 Å². The highest BCUT2D eigenvalue weighted by molar-refractivity contribution is 7.89. The maximum atomic E-state index is 13.0. The van der Waals surface area contributed by atoms with Crippen LogP contribution >= 0.6 is 0 Å². The van der Waals surface area contributed by atoms with Crippen LogP contribution in [0.1, 0.15) is 26.7 Å². The predicted molar refractivity (Wildman–Crippen MR) is 72.5 cm³/mol. The first-order valence-electron chi connectivity index (χ1n) is 6.38. The van der Waals surface area contributed by atoms with Crippen molar-refractivity contribution in [2.45, 2.75) is 37.6 Å². The largest absolute Gasteiger partial charge is 0.398 e. The molecule has 3 N–H and O–H groups in total. The Morgan fingerprint density at radius 3 is 2.53 bits per heavy atom. The highest BCUT2D eigenvalue weighted by Gasteiger charge is 2.33. The number of nitrogen functional groups attached to an aromatic ring is 1. The van der Waals surface area contributed by atoms with Crippen LogP contribution in [0, 0.1) is 17.7 Å². The molecule has 1 aromatic rings. The van der Waals surface area contributed by atoms with Crippen LogP contribution in [0.3, 0.4) is 0 Å². The fraction of sp³-hybridized carbons (Fsp3) is 0.538. The summed E-state index contributed by atoms with van der Waals surface area (Å²) in [6.07, 6.45) is 1.83. The minimum Gasteiger partial charge on any atom is -0.398 e. The number of anilines is 1. The van der Waals surface area contributed by atoms with Gasteiger partial charge in [-0.3, -0.25) is 0 Å². The number of nitrogens with two attached hydrogens (primary N) is 1. The molecule has 0 bridgehead atoms. The average molecular weight is 286 g/mol. The maximum Gasteiger partial charge on any atom is 0.242 e. The quantitative estimate of drug-likeness (QED) is 0.836. The van der Waals surface area contributed by atoms with Gasteiger partial charge in [0.1, 0.15) is 10.7 Å². The summed E-state index contributed by atoms with van der Waals surface area (Å²) in [6, 6.07) is 3.25. The first-order valence-corrected chi connectivity index (χ1v) is 7.87. The lowest BCUT2D eigenvalue weighted by molar-refractivity contribution is 0.402. The lowest BCUT2D eigenvalue weighted by Crippen LogP contribution is -2.37. The van der Waals surface area contributed by atoms with E-state index in [9.17, 15) is 12.8 Å². The van der Waals surface area contributed by atoms with E-state index in [1.807, 2.05) is 6.92 Å². The van der Waals surface area contributed by atoms with Crippen LogP contribution in [0.15, 0.2) is 23.1 Å². The van der Waals surface area contributed by atoms with Crippen molar-refractivity contribution in [1.82, 2.24) is 4.72 Å². The minimum atomic E-state index is -3.69. The first-order chi connectivity index (χ1) is 8.81. The summed E-state index contributed by atoms with van der Waals surface area (Å²) in [5.41, 5.74) is 5.52. The summed E-state index contributed by atoms with van der Waals surface area (Å²) in [5, 5.41) is 0. The third kappa shape index (κ3) is 2.90. The number of hydrogen-bond donors (Lipinski definition) is 2. The van der Waals surface area contributed by atoms with E-state index >= 15 is 0 Å². The Morgan fingerprint density at radius 2 is 2.00 bits per heavy atom. The maximum absolute atomic E-state index is 13.0. The van der Waals surface area contributed by atoms with Gasteiger partial charge in [-0.25, -0.2) is 17.5 Å². The molecule has 0 saturated heterocycles. The van der Waals surface area contributed by atoms with Crippen molar-refractivity contribution in [3.05, 3.63) is 24.0 Å². The van der Waals surface area contributed by atoms with Crippen LogP contribution in [-0.4, -0.2) is 14.5 Å². The highest BCUT2D eigenvalue weighted by Crippen LogP contribution is 2.32. The van der Waals surface area contributed by atoms with Crippen LogP contribution in [0.4, 0.5) is 10.1 Å². The van der Waals surface area contributed by atoms with Gasteiger partial charge in [-0.1, -0.05) is 13.8 Å². The fourth-order valence-electron chi connectivity index (χ4n) is 2.56. The second kappa shape index (κ2) is 5.09. The van der Waals surface area contributed by atoms with Crippen LogP contribution in [-0.2, 0) is 10.0 Å². The molecule has 1 fully saturated rings. The number of halogens is 1. The molecule has 0 aromatic heterocycles. The van der Waals surface area contributed by atoms with Crippen molar-refractivity contribution in [3.63, 3.8) is 0 Å². The molecule has 19 heavy (non-hydrogen) atoms. The molecule has 6 heteroatoms. The molecule has 1 aliphatic carbocycles. The summed E-state index contributed by atoms with van der Waals surface area (Å²) in [4.78, 5) is -0.0550. The summed E-state index contributed by atoms with van der Waals surface area (Å²) < 4.78 is 40.2. The highest BCUT2D eigenvalue weighted by atomic mass is 32.2. The standard InChI is InChI=1S/C13H19FN2O2S/c1-8-3-5-12(9(8)2)16-19(17,18)13-6-4-10(14)7-11(13)15/h4,6-9,12,16H,3,5,15H2,1-2H3. The van der Waals surface area contributed by atoms with Crippen molar-refractivity contribution in [2.24, 2.45) is 11.8 Å². The molecule has 0 heterocycles. The Bertz CT molecular complexity index is 574. The predicted octanol–water partition coefficient (Wildman–Crippen LogP) is 2.12. The van der Waals surface area contributed by atoms with E-state index in [-0.39, 0.29) is 22.5 Å². The van der Waals surface area contributed by atoms with Crippen LogP contribution < -0.4 is 10.5 Å². The second-order valence-corrected chi connectivity index (χ2v) is 7.01. The molecule has 3 atom stereocenters. The molecule has 0 aliphatic heterocycles. The smallest absolute Gasteiger partial charge is 0.242 e. The molecule has 0 radical (unpaired) electrons. The van der Waals surface area contributed by atoms with Gasteiger partial charge in [0.05, 0.1) is 5.69 Å². The topological polar surface area (TPSA) is 72.2 Å². The van der Waals surface area contributed by atoms with Gasteiger partial charge in [-0.05, 0) is 42.9 Å². The fourth-order valence-corrected chi connectivity index (χ4v) is 4.03. The third-order valence-corrected chi connectivity index (χ3v) is 5.60. The van der Waals surface area contributed by atoms with Gasteiger partial charge >= 0.3 is 0 Å². The second-order valence-electron chi connectivity index (χ2n) is 5.32. The Hall–Kier alpha value is -1.14. The van der Waals surface area contributed by atoms with Gasteiger partial charge in [0.2, 0.25) is 10.0 Å². The Labute approximate surface area is 113 Å². The molecule has 2 rings (SSSR count). The molecule has 1 aliphatic rings. The summed E-state index contributed by atoms with van der Waals surface area (Å²) in [6.45, 7) is 4.16. The van der Waals surface area contributed by atoms with E-state index in [1.54, 1.807) is 0 Å². The molecule has 106 valence electrons. The van der Waals surface area contributed by atoms with Crippen molar-refractivity contribution in [2.75, 3.05) is 5.73 Å². The van der Waals surface area contributed by atoms with Crippen molar-refractivity contribution in [3.8, 4) is 0 Å².